The molecule has 3 aromatic carbocycles. The number of ketones is 1. The van der Waals surface area contributed by atoms with E-state index in [2.05, 4.69) is 0 Å². The highest BCUT2D eigenvalue weighted by atomic mass is 16.5. The molecule has 1 heterocycles. The number of nitrogens with zero attached hydrogens (tertiary/aromatic N) is 1. The maximum atomic E-state index is 14.5. The molecule has 0 bridgehead atoms. The van der Waals surface area contributed by atoms with Crippen LogP contribution in [0.3, 0.4) is 0 Å². The van der Waals surface area contributed by atoms with E-state index in [0.717, 1.165) is 21.6 Å². The molecule has 204 valence electrons. The van der Waals surface area contributed by atoms with Crippen molar-refractivity contribution in [3.8, 4) is 0 Å². The average Bonchev–Trinajstić information content (AvgIpc) is 3.41. The van der Waals surface area contributed by atoms with Gasteiger partial charge in [-0.2, -0.15) is 0 Å². The van der Waals surface area contributed by atoms with Crippen LogP contribution in [-0.4, -0.2) is 30.2 Å². The van der Waals surface area contributed by atoms with E-state index < -0.39 is 35.0 Å². The van der Waals surface area contributed by atoms with Crippen molar-refractivity contribution < 1.29 is 23.9 Å². The first-order valence-electron chi connectivity index (χ1n) is 13.7. The number of fused-ring (bicyclic) bond motifs is 2. The molecule has 0 aromatic heterocycles. The van der Waals surface area contributed by atoms with Crippen LogP contribution >= 0.6 is 0 Å². The summed E-state index contributed by atoms with van der Waals surface area (Å²) in [6.45, 7) is 7.10. The van der Waals surface area contributed by atoms with E-state index in [1.165, 1.54) is 6.92 Å². The monoisotopic (exact) mass is 535 g/mol. The lowest BCUT2D eigenvalue weighted by Gasteiger charge is -2.35. The molecule has 0 unspecified atom stereocenters. The Morgan fingerprint density at radius 3 is 2.15 bits per heavy atom. The summed E-state index contributed by atoms with van der Waals surface area (Å²) >= 11 is 0. The van der Waals surface area contributed by atoms with Crippen molar-refractivity contribution in [1.29, 1.82) is 0 Å². The van der Waals surface area contributed by atoms with Gasteiger partial charge in [-0.25, -0.2) is 4.90 Å². The Bertz CT molecular complexity index is 1520. The van der Waals surface area contributed by atoms with Gasteiger partial charge in [0.2, 0.25) is 11.8 Å². The number of amides is 2. The van der Waals surface area contributed by atoms with E-state index in [0.29, 0.717) is 29.7 Å². The topological polar surface area (TPSA) is 80.8 Å². The number of carbonyl (C=O) groups is 4. The van der Waals surface area contributed by atoms with Gasteiger partial charge < -0.3 is 4.74 Å². The highest BCUT2D eigenvalue weighted by Crippen LogP contribution is 2.58. The lowest BCUT2D eigenvalue weighted by atomic mass is 9.64. The van der Waals surface area contributed by atoms with Crippen LogP contribution in [-0.2, 0) is 31.0 Å². The Morgan fingerprint density at radius 2 is 1.52 bits per heavy atom. The maximum absolute atomic E-state index is 14.5. The molecule has 0 fully saturated rings. The summed E-state index contributed by atoms with van der Waals surface area (Å²) in [4.78, 5) is 56.4. The van der Waals surface area contributed by atoms with Crippen LogP contribution < -0.4 is 4.90 Å². The van der Waals surface area contributed by atoms with Crippen molar-refractivity contribution in [2.24, 2.45) is 11.8 Å². The van der Waals surface area contributed by atoms with Gasteiger partial charge in [0.05, 0.1) is 12.3 Å². The summed E-state index contributed by atoms with van der Waals surface area (Å²) in [5, 5.41) is 0. The van der Waals surface area contributed by atoms with Crippen molar-refractivity contribution in [2.75, 3.05) is 11.5 Å². The number of allylic oxidation sites excluding steroid dienone is 1. The fourth-order valence-corrected chi connectivity index (χ4v) is 6.29. The summed E-state index contributed by atoms with van der Waals surface area (Å²) in [6.07, 6.45) is 2.92. The fraction of sp³-hybridized carbons (Fsp3) is 0.294. The van der Waals surface area contributed by atoms with Crippen molar-refractivity contribution in [3.63, 3.8) is 0 Å². The number of Topliss-reactive ketones (excluding diaryl/α,β-unsaturated/α-hetero) is 1. The molecule has 40 heavy (non-hydrogen) atoms. The van der Waals surface area contributed by atoms with Gasteiger partial charge in [0.1, 0.15) is 11.3 Å². The third kappa shape index (κ3) is 4.37. The minimum Gasteiger partial charge on any atom is -0.465 e. The van der Waals surface area contributed by atoms with Crippen LogP contribution in [0, 0.1) is 25.7 Å². The Morgan fingerprint density at radius 1 is 0.900 bits per heavy atom. The van der Waals surface area contributed by atoms with Crippen molar-refractivity contribution in [2.45, 2.75) is 46.0 Å². The molecule has 0 radical (unpaired) electrons. The number of esters is 1. The predicted octanol–water partition coefficient (Wildman–Crippen LogP) is 5.69. The highest BCUT2D eigenvalue weighted by molar-refractivity contribution is 6.25. The third-order valence-electron chi connectivity index (χ3n) is 8.16. The molecule has 0 saturated carbocycles. The number of imide groups is 1. The lowest BCUT2D eigenvalue weighted by molar-refractivity contribution is -0.152. The Hall–Kier alpha value is -4.32. The molecule has 6 heteroatoms. The number of rotatable bonds is 7. The van der Waals surface area contributed by atoms with Gasteiger partial charge in [-0.05, 0) is 56.7 Å². The van der Waals surface area contributed by atoms with Crippen LogP contribution in [0.5, 0.6) is 0 Å². The number of anilines is 1. The zero-order valence-electron chi connectivity index (χ0n) is 23.3. The van der Waals surface area contributed by atoms with E-state index in [1.54, 1.807) is 49.4 Å². The van der Waals surface area contributed by atoms with Gasteiger partial charge in [0.25, 0.3) is 0 Å². The van der Waals surface area contributed by atoms with Gasteiger partial charge >= 0.3 is 5.97 Å². The molecule has 2 aliphatic rings. The standard InChI is InChI=1S/C34H33NO5/c1-5-40-32(38)30-27(31(37)25-17-12-22(3)13-18-25)20-26(19-16-24-14-10-21(2)11-15-24)34(30)28-8-6-7-9-29(28)35(23(4)36)33(34)39/h6-15,17-18,20,26,30H,5,16,19H2,1-4H3/t26-,30+,34+/m1/s1. The molecular weight excluding hydrogens is 502 g/mol. The highest BCUT2D eigenvalue weighted by Gasteiger charge is 2.66. The zero-order valence-corrected chi connectivity index (χ0v) is 23.3. The molecule has 3 aromatic rings. The molecule has 1 aliphatic heterocycles. The quantitative estimate of drug-likeness (QED) is 0.287. The van der Waals surface area contributed by atoms with E-state index >= 15 is 0 Å². The second kappa shape index (κ2) is 10.7. The average molecular weight is 536 g/mol. The molecule has 0 N–H and O–H groups in total. The molecule has 0 saturated heterocycles. The molecule has 1 spiro atoms. The van der Waals surface area contributed by atoms with Crippen LogP contribution in [0.15, 0.2) is 84.4 Å². The first-order chi connectivity index (χ1) is 19.2. The minimum atomic E-state index is -1.48. The first-order valence-corrected chi connectivity index (χ1v) is 13.7. The molecule has 6 nitrogen and oxygen atoms in total. The van der Waals surface area contributed by atoms with Crippen LogP contribution in [0.1, 0.15) is 52.9 Å². The van der Waals surface area contributed by atoms with Crippen molar-refractivity contribution in [3.05, 3.63) is 112 Å². The molecule has 5 rings (SSSR count). The Balaban J connectivity index is 1.70. The number of benzene rings is 3. The number of aryl methyl sites for hydroxylation is 3. The second-order valence-electron chi connectivity index (χ2n) is 10.7. The Kier molecular flexibility index (Phi) is 7.28. The zero-order chi connectivity index (χ0) is 28.6. The summed E-state index contributed by atoms with van der Waals surface area (Å²) in [5.74, 6) is -3.60. The Labute approximate surface area is 234 Å². The minimum absolute atomic E-state index is 0.0949. The van der Waals surface area contributed by atoms with Crippen molar-refractivity contribution in [1.82, 2.24) is 0 Å². The van der Waals surface area contributed by atoms with Crippen molar-refractivity contribution >= 4 is 29.3 Å². The maximum Gasteiger partial charge on any atom is 0.315 e. The van der Waals surface area contributed by atoms with Crippen LogP contribution in [0.4, 0.5) is 5.69 Å². The van der Waals surface area contributed by atoms with Gasteiger partial charge in [-0.1, -0.05) is 83.9 Å². The number of carbonyl (C=O) groups excluding carboxylic acids is 4. The molecule has 2 amide bonds. The van der Waals surface area contributed by atoms with Crippen LogP contribution in [0.2, 0.25) is 0 Å². The molecular formula is C34H33NO5. The summed E-state index contributed by atoms with van der Waals surface area (Å²) < 4.78 is 5.54. The van der Waals surface area contributed by atoms with Crippen LogP contribution in [0.25, 0.3) is 0 Å². The first kappa shape index (κ1) is 27.3. The normalized spacial score (nSPS) is 21.4. The van der Waals surface area contributed by atoms with E-state index in [4.69, 9.17) is 4.74 Å². The predicted molar refractivity (Wildman–Crippen MR) is 153 cm³/mol. The third-order valence-corrected chi connectivity index (χ3v) is 8.16. The number of para-hydroxylation sites is 1. The van der Waals surface area contributed by atoms with Gasteiger partial charge in [-0.15, -0.1) is 0 Å². The van der Waals surface area contributed by atoms with Gasteiger partial charge in [0, 0.05) is 18.1 Å². The fourth-order valence-electron chi connectivity index (χ4n) is 6.29. The van der Waals surface area contributed by atoms with E-state index in [-0.39, 0.29) is 18.0 Å². The SMILES string of the molecule is CCOC(=O)[C@@H]1C(C(=O)c2ccc(C)cc2)=C[C@@H](CCc2ccc(C)cc2)[C@@]12C(=O)N(C(C)=O)c1ccccc12. The van der Waals surface area contributed by atoms with E-state index in [1.807, 2.05) is 50.2 Å². The largest absolute Gasteiger partial charge is 0.465 e. The molecule has 3 atom stereocenters. The summed E-state index contributed by atoms with van der Waals surface area (Å²) in [7, 11) is 0. The number of ether oxygens (including phenoxy) is 1. The number of hydrogen-bond acceptors (Lipinski definition) is 5. The summed E-state index contributed by atoms with van der Waals surface area (Å²) in [6, 6.07) is 22.4. The van der Waals surface area contributed by atoms with Gasteiger partial charge in [0.15, 0.2) is 5.78 Å². The number of hydrogen-bond donors (Lipinski definition) is 0. The smallest absolute Gasteiger partial charge is 0.315 e. The van der Waals surface area contributed by atoms with Gasteiger partial charge in [-0.3, -0.25) is 19.2 Å². The van der Waals surface area contributed by atoms with E-state index in [9.17, 15) is 19.2 Å². The lowest BCUT2D eigenvalue weighted by Crippen LogP contribution is -2.52. The second-order valence-corrected chi connectivity index (χ2v) is 10.7. The molecule has 1 aliphatic carbocycles. The summed E-state index contributed by atoms with van der Waals surface area (Å²) in [5.41, 5.74) is 3.45.